The summed E-state index contributed by atoms with van der Waals surface area (Å²) in [5.41, 5.74) is -0.161. The molecular weight excluding hydrogens is 174 g/mol. The van der Waals surface area contributed by atoms with E-state index in [1.54, 1.807) is 0 Å². The van der Waals surface area contributed by atoms with Crippen LogP contribution in [-0.2, 0) is 4.79 Å². The third-order valence-corrected chi connectivity index (χ3v) is 3.17. The lowest BCUT2D eigenvalue weighted by molar-refractivity contribution is -0.130. The molecule has 0 spiro atoms. The normalized spacial score (nSPS) is 11.4. The number of amides is 1. The Bertz CT molecular complexity index is 162. The van der Waals surface area contributed by atoms with Crippen LogP contribution in [0.1, 0.15) is 59.8 Å². The molecular formula is C12H25NO. The van der Waals surface area contributed by atoms with Gasteiger partial charge < -0.3 is 5.32 Å². The number of hydrogen-bond donors (Lipinski definition) is 1. The zero-order valence-corrected chi connectivity index (χ0v) is 10.2. The summed E-state index contributed by atoms with van der Waals surface area (Å²) in [4.78, 5) is 11.8. The molecule has 0 aromatic heterocycles. The van der Waals surface area contributed by atoms with E-state index in [9.17, 15) is 4.79 Å². The highest BCUT2D eigenvalue weighted by molar-refractivity contribution is 5.82. The molecule has 0 saturated carbocycles. The monoisotopic (exact) mass is 199 g/mol. The Morgan fingerprint density at radius 1 is 1.14 bits per heavy atom. The van der Waals surface area contributed by atoms with Crippen LogP contribution in [0.15, 0.2) is 0 Å². The molecule has 0 aromatic rings. The van der Waals surface area contributed by atoms with Gasteiger partial charge in [-0.25, -0.2) is 0 Å². The fraction of sp³-hybridized carbons (Fsp3) is 0.917. The van der Waals surface area contributed by atoms with E-state index >= 15 is 0 Å². The van der Waals surface area contributed by atoms with Gasteiger partial charge in [-0.05, 0) is 19.3 Å². The molecule has 1 N–H and O–H groups in total. The Kier molecular flexibility index (Phi) is 6.60. The van der Waals surface area contributed by atoms with E-state index < -0.39 is 0 Å². The van der Waals surface area contributed by atoms with Crippen LogP contribution in [0, 0.1) is 5.41 Å². The Morgan fingerprint density at radius 3 is 2.14 bits per heavy atom. The van der Waals surface area contributed by atoms with Crippen LogP contribution in [0.3, 0.4) is 0 Å². The van der Waals surface area contributed by atoms with Crippen molar-refractivity contribution in [2.24, 2.45) is 5.41 Å². The maximum Gasteiger partial charge on any atom is 0.225 e. The molecule has 0 fully saturated rings. The van der Waals surface area contributed by atoms with Gasteiger partial charge in [-0.3, -0.25) is 4.79 Å². The van der Waals surface area contributed by atoms with Crippen molar-refractivity contribution in [2.75, 3.05) is 6.54 Å². The van der Waals surface area contributed by atoms with E-state index in [1.165, 1.54) is 12.8 Å². The highest BCUT2D eigenvalue weighted by atomic mass is 16.2. The highest BCUT2D eigenvalue weighted by Gasteiger charge is 2.28. The van der Waals surface area contributed by atoms with Crippen molar-refractivity contribution >= 4 is 5.91 Å². The molecule has 84 valence electrons. The average molecular weight is 199 g/mol. The Hall–Kier alpha value is -0.530. The number of rotatable bonds is 7. The van der Waals surface area contributed by atoms with Crippen LogP contribution in [0.25, 0.3) is 0 Å². The zero-order chi connectivity index (χ0) is 11.0. The maximum absolute atomic E-state index is 11.8. The van der Waals surface area contributed by atoms with Crippen molar-refractivity contribution in [2.45, 2.75) is 59.8 Å². The smallest absolute Gasteiger partial charge is 0.225 e. The van der Waals surface area contributed by atoms with Crippen molar-refractivity contribution in [1.82, 2.24) is 5.32 Å². The molecule has 0 aliphatic heterocycles. The van der Waals surface area contributed by atoms with Gasteiger partial charge in [0, 0.05) is 12.0 Å². The second kappa shape index (κ2) is 6.86. The first-order valence-corrected chi connectivity index (χ1v) is 5.89. The summed E-state index contributed by atoms with van der Waals surface area (Å²) in [5.74, 6) is 0.221. The van der Waals surface area contributed by atoms with Crippen LogP contribution < -0.4 is 5.32 Å². The molecule has 0 atom stereocenters. The zero-order valence-electron chi connectivity index (χ0n) is 10.2. The van der Waals surface area contributed by atoms with Crippen molar-refractivity contribution in [3.8, 4) is 0 Å². The molecule has 0 heterocycles. The van der Waals surface area contributed by atoms with E-state index in [0.717, 1.165) is 25.8 Å². The molecule has 0 rings (SSSR count). The van der Waals surface area contributed by atoms with Gasteiger partial charge in [0.1, 0.15) is 0 Å². The molecule has 0 aromatic carbocycles. The van der Waals surface area contributed by atoms with Gasteiger partial charge in [0.05, 0.1) is 0 Å². The molecule has 0 aliphatic carbocycles. The van der Waals surface area contributed by atoms with Gasteiger partial charge in [-0.2, -0.15) is 0 Å². The predicted molar refractivity (Wildman–Crippen MR) is 61.2 cm³/mol. The lowest BCUT2D eigenvalue weighted by Crippen LogP contribution is -2.38. The molecule has 14 heavy (non-hydrogen) atoms. The number of nitrogens with one attached hydrogen (secondary N) is 1. The van der Waals surface area contributed by atoms with E-state index in [4.69, 9.17) is 0 Å². The lowest BCUT2D eigenvalue weighted by Gasteiger charge is -2.25. The molecule has 0 unspecified atom stereocenters. The van der Waals surface area contributed by atoms with E-state index in [-0.39, 0.29) is 11.3 Å². The second-order valence-electron chi connectivity index (χ2n) is 4.23. The fourth-order valence-corrected chi connectivity index (χ4v) is 1.36. The Labute approximate surface area is 88.5 Å². The first-order chi connectivity index (χ1) is 6.60. The van der Waals surface area contributed by atoms with Crippen LogP contribution in [0.2, 0.25) is 0 Å². The lowest BCUT2D eigenvalue weighted by atomic mass is 9.84. The van der Waals surface area contributed by atoms with Crippen molar-refractivity contribution < 1.29 is 4.79 Å². The Balaban J connectivity index is 3.82. The molecule has 1 amide bonds. The topological polar surface area (TPSA) is 29.1 Å². The summed E-state index contributed by atoms with van der Waals surface area (Å²) >= 11 is 0. The maximum atomic E-state index is 11.8. The van der Waals surface area contributed by atoms with E-state index in [1.807, 2.05) is 6.92 Å². The third-order valence-electron chi connectivity index (χ3n) is 3.17. The molecule has 0 saturated heterocycles. The third kappa shape index (κ3) is 4.12. The highest BCUT2D eigenvalue weighted by Crippen LogP contribution is 2.25. The minimum atomic E-state index is -0.161. The number of hydrogen-bond acceptors (Lipinski definition) is 1. The standard InChI is InChI=1S/C12H25NO/c1-5-8-9-10-13-11(14)12(4,6-2)7-3/h5-10H2,1-4H3,(H,13,14). The largest absolute Gasteiger partial charge is 0.356 e. The van der Waals surface area contributed by atoms with Gasteiger partial charge in [0.2, 0.25) is 5.91 Å². The number of unbranched alkanes of at least 4 members (excludes halogenated alkanes) is 2. The summed E-state index contributed by atoms with van der Waals surface area (Å²) in [5, 5.41) is 3.02. The molecule has 0 aliphatic rings. The number of carbonyl (C=O) groups is 1. The van der Waals surface area contributed by atoms with Crippen LogP contribution in [0.5, 0.6) is 0 Å². The van der Waals surface area contributed by atoms with Crippen molar-refractivity contribution in [3.05, 3.63) is 0 Å². The van der Waals surface area contributed by atoms with Crippen LogP contribution in [-0.4, -0.2) is 12.5 Å². The van der Waals surface area contributed by atoms with Gasteiger partial charge in [-0.15, -0.1) is 0 Å². The van der Waals surface area contributed by atoms with Gasteiger partial charge in [-0.1, -0.05) is 40.5 Å². The fourth-order valence-electron chi connectivity index (χ4n) is 1.36. The summed E-state index contributed by atoms with van der Waals surface area (Å²) in [6.07, 6.45) is 5.35. The first kappa shape index (κ1) is 13.5. The minimum Gasteiger partial charge on any atom is -0.356 e. The average Bonchev–Trinajstić information content (AvgIpc) is 2.22. The summed E-state index contributed by atoms with van der Waals surface area (Å²) < 4.78 is 0. The van der Waals surface area contributed by atoms with Crippen molar-refractivity contribution in [1.29, 1.82) is 0 Å². The van der Waals surface area contributed by atoms with E-state index in [0.29, 0.717) is 0 Å². The van der Waals surface area contributed by atoms with Gasteiger partial charge in [0.25, 0.3) is 0 Å². The minimum absolute atomic E-state index is 0.161. The Morgan fingerprint density at radius 2 is 1.71 bits per heavy atom. The van der Waals surface area contributed by atoms with E-state index in [2.05, 4.69) is 26.1 Å². The SMILES string of the molecule is CCCCCNC(=O)C(C)(CC)CC. The summed E-state index contributed by atoms with van der Waals surface area (Å²) in [7, 11) is 0. The summed E-state index contributed by atoms with van der Waals surface area (Å²) in [6, 6.07) is 0. The van der Waals surface area contributed by atoms with Crippen LogP contribution >= 0.6 is 0 Å². The quantitative estimate of drug-likeness (QED) is 0.627. The van der Waals surface area contributed by atoms with Gasteiger partial charge in [0.15, 0.2) is 0 Å². The van der Waals surface area contributed by atoms with Gasteiger partial charge >= 0.3 is 0 Å². The molecule has 2 nitrogen and oxygen atoms in total. The number of carbonyl (C=O) groups excluding carboxylic acids is 1. The first-order valence-electron chi connectivity index (χ1n) is 5.89. The summed E-state index contributed by atoms with van der Waals surface area (Å²) in [6.45, 7) is 9.21. The molecule has 0 bridgehead atoms. The molecule has 2 heteroatoms. The second-order valence-corrected chi connectivity index (χ2v) is 4.23. The molecule has 0 radical (unpaired) electrons. The van der Waals surface area contributed by atoms with Crippen molar-refractivity contribution in [3.63, 3.8) is 0 Å². The van der Waals surface area contributed by atoms with Crippen LogP contribution in [0.4, 0.5) is 0 Å². The predicted octanol–water partition coefficient (Wildman–Crippen LogP) is 3.12.